The highest BCUT2D eigenvalue weighted by Gasteiger charge is 2.26. The Labute approximate surface area is 184 Å². The van der Waals surface area contributed by atoms with Crippen molar-refractivity contribution in [3.05, 3.63) is 71.7 Å². The molecule has 2 heterocycles. The topological polar surface area (TPSA) is 106 Å². The number of carbonyl (C=O) groups excluding carboxylic acids is 2. The maximum atomic E-state index is 13.0. The molecule has 1 amide bonds. The van der Waals surface area contributed by atoms with Gasteiger partial charge in [0.15, 0.2) is 0 Å². The molecule has 8 heteroatoms. The highest BCUT2D eigenvalue weighted by atomic mass is 16.5. The number of nitrogens with one attached hydrogen (secondary N) is 2. The number of para-hydroxylation sites is 2. The van der Waals surface area contributed by atoms with Crippen LogP contribution in [0.2, 0.25) is 0 Å². The summed E-state index contributed by atoms with van der Waals surface area (Å²) in [5.41, 5.74) is 2.79. The molecular formula is C24H23N3O5. The molecule has 0 aliphatic heterocycles. The van der Waals surface area contributed by atoms with Crippen molar-refractivity contribution in [3.8, 4) is 17.1 Å². The number of H-pyrrole nitrogens is 1. The van der Waals surface area contributed by atoms with E-state index >= 15 is 0 Å². The second-order valence-corrected chi connectivity index (χ2v) is 7.26. The van der Waals surface area contributed by atoms with Gasteiger partial charge in [0, 0.05) is 12.0 Å². The number of hydrogen-bond donors (Lipinski definition) is 2. The normalized spacial score (nSPS) is 11.8. The van der Waals surface area contributed by atoms with Gasteiger partial charge in [-0.05, 0) is 49.4 Å². The van der Waals surface area contributed by atoms with Gasteiger partial charge in [-0.25, -0.2) is 9.78 Å². The minimum Gasteiger partial charge on any atom is -0.497 e. The highest BCUT2D eigenvalue weighted by Crippen LogP contribution is 2.27. The maximum absolute atomic E-state index is 13.0. The molecule has 0 aliphatic carbocycles. The molecule has 164 valence electrons. The van der Waals surface area contributed by atoms with E-state index in [0.717, 1.165) is 22.3 Å². The number of esters is 1. The average Bonchev–Trinajstić information content (AvgIpc) is 3.41. The van der Waals surface area contributed by atoms with Crippen molar-refractivity contribution in [1.82, 2.24) is 15.3 Å². The van der Waals surface area contributed by atoms with Crippen molar-refractivity contribution in [2.45, 2.75) is 19.4 Å². The molecule has 0 saturated carbocycles. The van der Waals surface area contributed by atoms with Gasteiger partial charge in [-0.15, -0.1) is 0 Å². The van der Waals surface area contributed by atoms with Crippen LogP contribution in [0.1, 0.15) is 21.9 Å². The van der Waals surface area contributed by atoms with Gasteiger partial charge in [-0.2, -0.15) is 0 Å². The highest BCUT2D eigenvalue weighted by molar-refractivity contribution is 5.98. The Morgan fingerprint density at radius 1 is 1.12 bits per heavy atom. The molecule has 1 atom stereocenters. The summed E-state index contributed by atoms with van der Waals surface area (Å²) < 4.78 is 15.8. The number of hydrogen-bond acceptors (Lipinski definition) is 6. The van der Waals surface area contributed by atoms with E-state index in [1.165, 1.54) is 7.11 Å². The van der Waals surface area contributed by atoms with Gasteiger partial charge in [0.1, 0.15) is 29.1 Å². The number of imidazole rings is 1. The summed E-state index contributed by atoms with van der Waals surface area (Å²) >= 11 is 0. The summed E-state index contributed by atoms with van der Waals surface area (Å²) in [5.74, 6) is 1.29. The van der Waals surface area contributed by atoms with Crippen molar-refractivity contribution in [2.24, 2.45) is 0 Å². The van der Waals surface area contributed by atoms with Crippen LogP contribution in [-0.2, 0) is 16.0 Å². The number of ether oxygens (including phenoxy) is 2. The second kappa shape index (κ2) is 8.97. The van der Waals surface area contributed by atoms with Gasteiger partial charge < -0.3 is 24.2 Å². The van der Waals surface area contributed by atoms with Crippen molar-refractivity contribution in [2.75, 3.05) is 14.2 Å². The summed E-state index contributed by atoms with van der Waals surface area (Å²) in [4.78, 5) is 33.0. The average molecular weight is 433 g/mol. The Morgan fingerprint density at radius 2 is 1.88 bits per heavy atom. The Kier molecular flexibility index (Phi) is 5.93. The minimum absolute atomic E-state index is 0.162. The molecule has 0 radical (unpaired) electrons. The summed E-state index contributed by atoms with van der Waals surface area (Å²) in [6, 6.07) is 15.6. The second-order valence-electron chi connectivity index (χ2n) is 7.26. The summed E-state index contributed by atoms with van der Waals surface area (Å²) in [6.45, 7) is 1.70. The number of carbonyl (C=O) groups is 2. The third-order valence-corrected chi connectivity index (χ3v) is 5.16. The SMILES string of the molecule is COC(=O)[C@@H](Cc1nc2ccccc2[nH]1)NC(=O)c1cc(-c2ccc(OC)cc2)oc1C. The molecule has 0 spiro atoms. The molecule has 0 aliphatic rings. The number of rotatable bonds is 7. The molecule has 32 heavy (non-hydrogen) atoms. The van der Waals surface area contributed by atoms with Crippen molar-refractivity contribution in [3.63, 3.8) is 0 Å². The Balaban J connectivity index is 1.54. The van der Waals surface area contributed by atoms with Crippen molar-refractivity contribution >= 4 is 22.9 Å². The van der Waals surface area contributed by atoms with Crippen LogP contribution in [0.15, 0.2) is 59.0 Å². The molecule has 4 aromatic rings. The van der Waals surface area contributed by atoms with E-state index in [-0.39, 0.29) is 6.42 Å². The predicted molar refractivity (Wildman–Crippen MR) is 119 cm³/mol. The van der Waals surface area contributed by atoms with Crippen LogP contribution in [0.4, 0.5) is 0 Å². The van der Waals surface area contributed by atoms with Crippen LogP contribution < -0.4 is 10.1 Å². The quantitative estimate of drug-likeness (QED) is 0.431. The fraction of sp³-hybridized carbons (Fsp3) is 0.208. The van der Waals surface area contributed by atoms with Gasteiger partial charge in [-0.1, -0.05) is 12.1 Å². The van der Waals surface area contributed by atoms with E-state index in [2.05, 4.69) is 15.3 Å². The third kappa shape index (κ3) is 4.34. The van der Waals surface area contributed by atoms with Crippen LogP contribution in [-0.4, -0.2) is 42.1 Å². The molecule has 0 unspecified atom stereocenters. The summed E-state index contributed by atoms with van der Waals surface area (Å²) in [5, 5.41) is 2.75. The van der Waals surface area contributed by atoms with E-state index in [1.807, 2.05) is 48.5 Å². The lowest BCUT2D eigenvalue weighted by Crippen LogP contribution is -2.43. The lowest BCUT2D eigenvalue weighted by Gasteiger charge is -2.15. The van der Waals surface area contributed by atoms with Crippen LogP contribution >= 0.6 is 0 Å². The van der Waals surface area contributed by atoms with Crippen LogP contribution in [0.3, 0.4) is 0 Å². The summed E-state index contributed by atoms with van der Waals surface area (Å²) in [7, 11) is 2.88. The molecule has 0 bridgehead atoms. The first-order chi connectivity index (χ1) is 15.5. The van der Waals surface area contributed by atoms with E-state index in [9.17, 15) is 9.59 Å². The predicted octanol–water partition coefficient (Wildman–Crippen LogP) is 3.65. The number of fused-ring (bicyclic) bond motifs is 1. The first-order valence-electron chi connectivity index (χ1n) is 10.1. The number of furan rings is 1. The van der Waals surface area contributed by atoms with Crippen molar-refractivity contribution < 1.29 is 23.5 Å². The largest absolute Gasteiger partial charge is 0.497 e. The molecule has 4 rings (SSSR count). The molecule has 8 nitrogen and oxygen atoms in total. The number of amides is 1. The number of aromatic amines is 1. The van der Waals surface area contributed by atoms with E-state index in [1.54, 1.807) is 20.1 Å². The van der Waals surface area contributed by atoms with Crippen LogP contribution in [0.25, 0.3) is 22.4 Å². The standard InChI is InChI=1S/C24H23N3O5/c1-14-17(12-21(32-14)15-8-10-16(30-2)11-9-15)23(28)27-20(24(29)31-3)13-22-25-18-6-4-5-7-19(18)26-22/h4-12,20H,13H2,1-3H3,(H,25,26)(H,27,28)/t20-/m1/s1. The van der Waals surface area contributed by atoms with Crippen LogP contribution in [0.5, 0.6) is 5.75 Å². The zero-order valence-corrected chi connectivity index (χ0v) is 18.0. The first kappa shape index (κ1) is 21.2. The lowest BCUT2D eigenvalue weighted by molar-refractivity contribution is -0.142. The van der Waals surface area contributed by atoms with E-state index in [0.29, 0.717) is 22.9 Å². The maximum Gasteiger partial charge on any atom is 0.328 e. The number of aromatic nitrogens is 2. The lowest BCUT2D eigenvalue weighted by atomic mass is 10.1. The molecule has 0 saturated heterocycles. The molecular weight excluding hydrogens is 410 g/mol. The van der Waals surface area contributed by atoms with Gasteiger partial charge in [0.25, 0.3) is 5.91 Å². The van der Waals surface area contributed by atoms with Gasteiger partial charge in [0.05, 0.1) is 30.8 Å². The fourth-order valence-electron chi connectivity index (χ4n) is 3.47. The van der Waals surface area contributed by atoms with E-state index in [4.69, 9.17) is 13.9 Å². The number of benzene rings is 2. The minimum atomic E-state index is -0.910. The molecule has 0 fully saturated rings. The molecule has 2 N–H and O–H groups in total. The zero-order chi connectivity index (χ0) is 22.7. The smallest absolute Gasteiger partial charge is 0.328 e. The van der Waals surface area contributed by atoms with Crippen LogP contribution in [0, 0.1) is 6.92 Å². The van der Waals surface area contributed by atoms with Gasteiger partial charge in [-0.3, -0.25) is 4.79 Å². The van der Waals surface area contributed by atoms with E-state index < -0.39 is 17.9 Å². The van der Waals surface area contributed by atoms with Crippen molar-refractivity contribution in [1.29, 1.82) is 0 Å². The number of methoxy groups -OCH3 is 2. The van der Waals surface area contributed by atoms with Gasteiger partial charge >= 0.3 is 5.97 Å². The Morgan fingerprint density at radius 3 is 2.56 bits per heavy atom. The fourth-order valence-corrected chi connectivity index (χ4v) is 3.47. The third-order valence-electron chi connectivity index (χ3n) is 5.16. The first-order valence-corrected chi connectivity index (χ1v) is 10.1. The molecule has 2 aromatic carbocycles. The molecule has 2 aromatic heterocycles. The Bertz CT molecular complexity index is 1220. The summed E-state index contributed by atoms with van der Waals surface area (Å²) in [6.07, 6.45) is 0.162. The van der Waals surface area contributed by atoms with Gasteiger partial charge in [0.2, 0.25) is 0 Å². The Hall–Kier alpha value is -4.07. The zero-order valence-electron chi connectivity index (χ0n) is 18.0. The number of aryl methyl sites for hydroxylation is 1. The monoisotopic (exact) mass is 433 g/mol. The number of nitrogens with zero attached hydrogens (tertiary/aromatic N) is 1.